The number of rotatable bonds is 4. The van der Waals surface area contributed by atoms with Gasteiger partial charge in [-0.2, -0.15) is 0 Å². The minimum atomic E-state index is -0.900. The summed E-state index contributed by atoms with van der Waals surface area (Å²) in [7, 11) is 0. The number of piperidine rings is 1. The smallest absolute Gasteiger partial charge is 0.336 e. The number of nitrogens with zero attached hydrogens (tertiary/aromatic N) is 1. The zero-order valence-corrected chi connectivity index (χ0v) is 19.2. The predicted molar refractivity (Wildman–Crippen MR) is 131 cm³/mol. The second-order valence-electron chi connectivity index (χ2n) is 10.1. The van der Waals surface area contributed by atoms with Crippen molar-refractivity contribution in [3.63, 3.8) is 0 Å². The Morgan fingerprint density at radius 3 is 2.44 bits per heavy atom. The highest BCUT2D eigenvalue weighted by Crippen LogP contribution is 2.65. The number of carboxylic acids is 1. The molecule has 2 heterocycles. The molecule has 1 N–H and O–H groups in total. The van der Waals surface area contributed by atoms with E-state index in [-0.39, 0.29) is 12.0 Å². The fourth-order valence-corrected chi connectivity index (χ4v) is 6.08. The molecule has 1 spiro atoms. The van der Waals surface area contributed by atoms with Crippen molar-refractivity contribution in [3.05, 3.63) is 71.8 Å². The summed E-state index contributed by atoms with van der Waals surface area (Å²) < 4.78 is 5.60. The summed E-state index contributed by atoms with van der Waals surface area (Å²) in [6, 6.07) is 20.2. The average molecular weight is 456 g/mol. The van der Waals surface area contributed by atoms with Gasteiger partial charge < -0.3 is 14.7 Å². The molecule has 5 heteroatoms. The van der Waals surface area contributed by atoms with E-state index in [0.29, 0.717) is 16.9 Å². The molecule has 2 saturated heterocycles. The summed E-state index contributed by atoms with van der Waals surface area (Å²) in [6.45, 7) is 2.42. The van der Waals surface area contributed by atoms with Gasteiger partial charge in [-0.05, 0) is 83.0 Å². The molecule has 1 amide bonds. The highest BCUT2D eigenvalue weighted by molar-refractivity contribution is 6.04. The first kappa shape index (κ1) is 21.4. The van der Waals surface area contributed by atoms with Crippen LogP contribution in [0.1, 0.15) is 53.9 Å². The molecular weight excluding hydrogens is 426 g/mol. The number of ether oxygens (including phenoxy) is 1. The van der Waals surface area contributed by atoms with Crippen molar-refractivity contribution >= 4 is 22.6 Å². The SMILES string of the molecule is O=C(O)c1cccc2cc(-c3ccc([C@H]4CC45CCN(C(=O)C4CCCO4)CC5)cc3)ccc12. The molecule has 5 nitrogen and oxygen atoms in total. The number of carboxylic acid groups (broad SMARTS) is 1. The molecule has 0 aromatic heterocycles. The Morgan fingerprint density at radius 2 is 1.74 bits per heavy atom. The quantitative estimate of drug-likeness (QED) is 0.566. The Hall–Kier alpha value is -3.18. The standard InChI is InChI=1S/C29H29NO4/c31-27(26-5-2-16-34-26)30-14-12-29(13-15-30)18-25(29)20-8-6-19(7-9-20)21-10-11-23-22(17-21)3-1-4-24(23)28(32)33/h1,3-4,6-11,17,25-26H,2,5,12-16,18H2,(H,32,33)/t25-,26?/m1/s1. The minimum absolute atomic E-state index is 0.194. The summed E-state index contributed by atoms with van der Waals surface area (Å²) >= 11 is 0. The Labute approximate surface area is 199 Å². The van der Waals surface area contributed by atoms with Gasteiger partial charge in [0.05, 0.1) is 5.56 Å². The van der Waals surface area contributed by atoms with E-state index in [2.05, 4.69) is 30.3 Å². The third-order valence-corrected chi connectivity index (χ3v) is 8.22. The van der Waals surface area contributed by atoms with E-state index >= 15 is 0 Å². The molecule has 3 aromatic rings. The molecule has 1 unspecified atom stereocenters. The summed E-state index contributed by atoms with van der Waals surface area (Å²) in [4.78, 5) is 26.2. The third-order valence-electron chi connectivity index (χ3n) is 8.22. The van der Waals surface area contributed by atoms with Crippen LogP contribution in [0.25, 0.3) is 21.9 Å². The molecule has 0 radical (unpaired) electrons. The zero-order chi connectivity index (χ0) is 23.3. The normalized spacial score (nSPS) is 23.4. The van der Waals surface area contributed by atoms with Crippen LogP contribution in [-0.4, -0.2) is 47.7 Å². The van der Waals surface area contributed by atoms with E-state index in [9.17, 15) is 14.7 Å². The van der Waals surface area contributed by atoms with Crippen LogP contribution in [0.3, 0.4) is 0 Å². The highest BCUT2D eigenvalue weighted by Gasteiger charge is 2.55. The van der Waals surface area contributed by atoms with Crippen molar-refractivity contribution in [2.24, 2.45) is 5.41 Å². The van der Waals surface area contributed by atoms with Gasteiger partial charge in [0.25, 0.3) is 5.91 Å². The van der Waals surface area contributed by atoms with Crippen molar-refractivity contribution < 1.29 is 19.4 Å². The number of carbonyl (C=O) groups is 2. The molecule has 1 saturated carbocycles. The molecular formula is C29H29NO4. The Bertz CT molecular complexity index is 1250. The summed E-state index contributed by atoms with van der Waals surface area (Å²) in [5, 5.41) is 11.1. The minimum Gasteiger partial charge on any atom is -0.478 e. The lowest BCUT2D eigenvalue weighted by Crippen LogP contribution is -2.44. The van der Waals surface area contributed by atoms with E-state index in [4.69, 9.17) is 4.74 Å². The molecule has 3 aromatic carbocycles. The zero-order valence-electron chi connectivity index (χ0n) is 19.2. The van der Waals surface area contributed by atoms with Crippen molar-refractivity contribution in [2.75, 3.05) is 19.7 Å². The second kappa shape index (κ2) is 8.24. The van der Waals surface area contributed by atoms with Gasteiger partial charge in [0, 0.05) is 19.7 Å². The first-order chi connectivity index (χ1) is 16.5. The molecule has 1 aliphatic carbocycles. The highest BCUT2D eigenvalue weighted by atomic mass is 16.5. The number of hydrogen-bond donors (Lipinski definition) is 1. The molecule has 174 valence electrons. The van der Waals surface area contributed by atoms with Crippen LogP contribution in [0, 0.1) is 5.41 Å². The molecule has 34 heavy (non-hydrogen) atoms. The fourth-order valence-electron chi connectivity index (χ4n) is 6.08. The second-order valence-corrected chi connectivity index (χ2v) is 10.1. The number of likely N-dealkylation sites (tertiary alicyclic amines) is 1. The Morgan fingerprint density at radius 1 is 0.971 bits per heavy atom. The van der Waals surface area contributed by atoms with E-state index in [1.54, 1.807) is 12.1 Å². The number of aromatic carboxylic acids is 1. The van der Waals surface area contributed by atoms with Gasteiger partial charge in [0.2, 0.25) is 0 Å². The number of hydrogen-bond acceptors (Lipinski definition) is 3. The summed E-state index contributed by atoms with van der Waals surface area (Å²) in [6.07, 6.45) is 5.02. The molecule has 3 fully saturated rings. The van der Waals surface area contributed by atoms with Gasteiger partial charge in [-0.15, -0.1) is 0 Å². The van der Waals surface area contributed by atoms with Gasteiger partial charge in [-0.1, -0.05) is 48.5 Å². The third kappa shape index (κ3) is 3.68. The average Bonchev–Trinajstić information content (AvgIpc) is 3.28. The number of fused-ring (bicyclic) bond motifs is 1. The largest absolute Gasteiger partial charge is 0.478 e. The van der Waals surface area contributed by atoms with Gasteiger partial charge in [0.15, 0.2) is 0 Å². The van der Waals surface area contributed by atoms with Crippen molar-refractivity contribution in [1.82, 2.24) is 4.90 Å². The molecule has 2 atom stereocenters. The van der Waals surface area contributed by atoms with Gasteiger partial charge in [-0.3, -0.25) is 4.79 Å². The topological polar surface area (TPSA) is 66.8 Å². The number of benzene rings is 3. The van der Waals surface area contributed by atoms with Gasteiger partial charge in [-0.25, -0.2) is 4.79 Å². The predicted octanol–water partition coefficient (Wildman–Crippen LogP) is 5.48. The lowest BCUT2D eigenvalue weighted by Gasteiger charge is -2.34. The number of amides is 1. The van der Waals surface area contributed by atoms with E-state index < -0.39 is 5.97 Å². The van der Waals surface area contributed by atoms with Crippen LogP contribution in [0.5, 0.6) is 0 Å². The van der Waals surface area contributed by atoms with Crippen LogP contribution in [0.2, 0.25) is 0 Å². The van der Waals surface area contributed by atoms with Gasteiger partial charge in [0.1, 0.15) is 6.10 Å². The van der Waals surface area contributed by atoms with Crippen LogP contribution in [-0.2, 0) is 9.53 Å². The maximum absolute atomic E-state index is 12.7. The van der Waals surface area contributed by atoms with Crippen molar-refractivity contribution in [2.45, 2.75) is 44.1 Å². The van der Waals surface area contributed by atoms with Crippen molar-refractivity contribution in [1.29, 1.82) is 0 Å². The molecule has 0 bridgehead atoms. The first-order valence-corrected chi connectivity index (χ1v) is 12.3. The lowest BCUT2D eigenvalue weighted by atomic mass is 9.88. The molecule has 3 aliphatic rings. The van der Waals surface area contributed by atoms with E-state index in [0.717, 1.165) is 67.3 Å². The maximum Gasteiger partial charge on any atom is 0.336 e. The molecule has 6 rings (SSSR count). The van der Waals surface area contributed by atoms with Crippen molar-refractivity contribution in [3.8, 4) is 11.1 Å². The van der Waals surface area contributed by atoms with Crippen LogP contribution >= 0.6 is 0 Å². The van der Waals surface area contributed by atoms with Gasteiger partial charge >= 0.3 is 5.97 Å². The monoisotopic (exact) mass is 455 g/mol. The molecule has 2 aliphatic heterocycles. The maximum atomic E-state index is 12.7. The Kier molecular flexibility index (Phi) is 5.18. The van der Waals surface area contributed by atoms with Crippen LogP contribution < -0.4 is 0 Å². The Balaban J connectivity index is 1.14. The summed E-state index contributed by atoms with van der Waals surface area (Å²) in [5.74, 6) is -0.126. The fraction of sp³-hybridized carbons (Fsp3) is 0.379. The van der Waals surface area contributed by atoms with E-state index in [1.165, 1.54) is 12.0 Å². The summed E-state index contributed by atoms with van der Waals surface area (Å²) in [5.41, 5.74) is 4.30. The lowest BCUT2D eigenvalue weighted by molar-refractivity contribution is -0.142. The van der Waals surface area contributed by atoms with E-state index in [1.807, 2.05) is 23.1 Å². The van der Waals surface area contributed by atoms with Crippen LogP contribution in [0.4, 0.5) is 0 Å². The van der Waals surface area contributed by atoms with Crippen LogP contribution in [0.15, 0.2) is 60.7 Å². The first-order valence-electron chi connectivity index (χ1n) is 12.3. The number of carbonyl (C=O) groups excluding carboxylic acids is 1.